The number of hydrogen-bond donors (Lipinski definition) is 0. The average molecular weight is 553 g/mol. The first-order valence-corrected chi connectivity index (χ1v) is 14.4. The number of hydrogen-bond acceptors (Lipinski definition) is 8. The number of rotatable bonds is 8. The predicted molar refractivity (Wildman–Crippen MR) is 146 cm³/mol. The molecule has 1 fully saturated rings. The zero-order valence-corrected chi connectivity index (χ0v) is 22.7. The first-order valence-electron chi connectivity index (χ1n) is 12.2. The second kappa shape index (κ2) is 11.1. The average Bonchev–Trinajstić information content (AvgIpc) is 3.39. The van der Waals surface area contributed by atoms with Crippen LogP contribution in [0.4, 0.5) is 5.13 Å². The molecule has 0 saturated carbocycles. The van der Waals surface area contributed by atoms with Crippen LogP contribution in [-0.2, 0) is 21.4 Å². The van der Waals surface area contributed by atoms with Gasteiger partial charge in [0.1, 0.15) is 11.5 Å². The third kappa shape index (κ3) is 5.35. The summed E-state index contributed by atoms with van der Waals surface area (Å²) in [7, 11) is -0.518. The molecule has 9 nitrogen and oxygen atoms in total. The molecule has 3 heterocycles. The number of amides is 1. The van der Waals surface area contributed by atoms with Gasteiger partial charge >= 0.3 is 0 Å². The maximum atomic E-state index is 13.9. The Morgan fingerprint density at radius 1 is 1.05 bits per heavy atom. The van der Waals surface area contributed by atoms with E-state index in [9.17, 15) is 13.2 Å². The third-order valence-corrected chi connectivity index (χ3v) is 9.62. The van der Waals surface area contributed by atoms with Crippen LogP contribution < -0.4 is 14.4 Å². The number of benzene rings is 2. The number of ether oxygens (including phenoxy) is 2. The zero-order chi connectivity index (χ0) is 26.7. The molecule has 0 N–H and O–H groups in total. The molecule has 1 amide bonds. The number of aromatic nitrogens is 2. The first kappa shape index (κ1) is 26.1. The van der Waals surface area contributed by atoms with Crippen molar-refractivity contribution in [2.24, 2.45) is 5.92 Å². The van der Waals surface area contributed by atoms with Crippen molar-refractivity contribution in [1.82, 2.24) is 14.3 Å². The molecule has 1 saturated heterocycles. The van der Waals surface area contributed by atoms with Gasteiger partial charge in [0.05, 0.1) is 35.9 Å². The molecule has 2 aromatic heterocycles. The molecule has 5 rings (SSSR count). The van der Waals surface area contributed by atoms with E-state index in [0.717, 1.165) is 15.8 Å². The number of methoxy groups -OCH3 is 2. The molecule has 11 heteroatoms. The van der Waals surface area contributed by atoms with Gasteiger partial charge in [-0.25, -0.2) is 13.4 Å². The highest BCUT2D eigenvalue weighted by atomic mass is 32.2. The van der Waals surface area contributed by atoms with Crippen LogP contribution in [0.3, 0.4) is 0 Å². The lowest BCUT2D eigenvalue weighted by Crippen LogP contribution is -2.44. The summed E-state index contributed by atoms with van der Waals surface area (Å²) >= 11 is 1.44. The van der Waals surface area contributed by atoms with Crippen molar-refractivity contribution in [2.45, 2.75) is 24.3 Å². The van der Waals surface area contributed by atoms with Gasteiger partial charge in [0.2, 0.25) is 15.9 Å². The Balaban J connectivity index is 1.36. The maximum Gasteiger partial charge on any atom is 0.243 e. The number of anilines is 1. The van der Waals surface area contributed by atoms with Crippen LogP contribution in [0.15, 0.2) is 71.9 Å². The Labute approximate surface area is 225 Å². The number of piperidine rings is 1. The van der Waals surface area contributed by atoms with E-state index in [0.29, 0.717) is 36.0 Å². The normalized spacial score (nSPS) is 14.9. The summed E-state index contributed by atoms with van der Waals surface area (Å²) in [5.41, 5.74) is 1.64. The van der Waals surface area contributed by atoms with E-state index >= 15 is 0 Å². The molecule has 0 bridgehead atoms. The minimum Gasteiger partial charge on any atom is -0.497 e. The van der Waals surface area contributed by atoms with Crippen LogP contribution in [0, 0.1) is 5.92 Å². The summed E-state index contributed by atoms with van der Waals surface area (Å²) in [5, 5.41) is 0.593. The largest absolute Gasteiger partial charge is 0.497 e. The quantitative estimate of drug-likeness (QED) is 0.320. The molecule has 0 unspecified atom stereocenters. The Kier molecular flexibility index (Phi) is 7.59. The summed E-state index contributed by atoms with van der Waals surface area (Å²) < 4.78 is 39.2. The van der Waals surface area contributed by atoms with Gasteiger partial charge in [0, 0.05) is 37.5 Å². The molecule has 4 aromatic rings. The fraction of sp³-hybridized carbons (Fsp3) is 0.296. The maximum absolute atomic E-state index is 13.9. The number of nitrogens with zero attached hydrogens (tertiary/aromatic N) is 4. The van der Waals surface area contributed by atoms with E-state index in [1.807, 2.05) is 30.3 Å². The van der Waals surface area contributed by atoms with Crippen molar-refractivity contribution in [3.8, 4) is 11.5 Å². The summed E-state index contributed by atoms with van der Waals surface area (Å²) in [6, 6.07) is 15.8. The fourth-order valence-electron chi connectivity index (χ4n) is 4.51. The van der Waals surface area contributed by atoms with Crippen molar-refractivity contribution in [3.05, 3.63) is 72.6 Å². The van der Waals surface area contributed by atoms with Gasteiger partial charge in [0.25, 0.3) is 0 Å². The van der Waals surface area contributed by atoms with Crippen LogP contribution in [0.25, 0.3) is 10.2 Å². The van der Waals surface area contributed by atoms with Gasteiger partial charge < -0.3 is 9.47 Å². The van der Waals surface area contributed by atoms with Crippen molar-refractivity contribution in [1.29, 1.82) is 0 Å². The molecule has 198 valence electrons. The molecule has 38 heavy (non-hydrogen) atoms. The highest BCUT2D eigenvalue weighted by Gasteiger charge is 2.35. The van der Waals surface area contributed by atoms with Crippen molar-refractivity contribution in [2.75, 3.05) is 32.2 Å². The van der Waals surface area contributed by atoms with Crippen LogP contribution in [0.5, 0.6) is 11.5 Å². The summed E-state index contributed by atoms with van der Waals surface area (Å²) in [5.74, 6) is 0.900. The Hall–Kier alpha value is -3.54. The smallest absolute Gasteiger partial charge is 0.243 e. The van der Waals surface area contributed by atoms with Crippen molar-refractivity contribution >= 4 is 42.6 Å². The monoisotopic (exact) mass is 552 g/mol. The standard InChI is InChI=1S/C27H28N4O5S2/c1-35-21-5-8-23(9-6-21)38(33,34)30-14-11-20(12-15-30)26(32)31(18-19-4-3-13-28-17-19)27-29-24-16-22(36-2)7-10-25(24)37-27/h3-10,13,16-17,20H,11-12,14-15,18H2,1-2H3. The van der Waals surface area contributed by atoms with E-state index in [1.54, 1.807) is 48.7 Å². The summed E-state index contributed by atoms with van der Waals surface area (Å²) in [4.78, 5) is 24.7. The Bertz CT molecular complexity index is 1520. The molecule has 0 spiro atoms. The molecule has 0 aliphatic carbocycles. The van der Waals surface area contributed by atoms with Crippen LogP contribution in [-0.4, -0.2) is 55.9 Å². The summed E-state index contributed by atoms with van der Waals surface area (Å²) in [6.07, 6.45) is 4.28. The fourth-order valence-corrected chi connectivity index (χ4v) is 6.93. The number of pyridine rings is 1. The number of sulfonamides is 1. The lowest BCUT2D eigenvalue weighted by molar-refractivity contribution is -0.123. The number of thiazole rings is 1. The van der Waals surface area contributed by atoms with E-state index in [-0.39, 0.29) is 29.8 Å². The van der Waals surface area contributed by atoms with E-state index < -0.39 is 10.0 Å². The molecular formula is C27H28N4O5S2. The van der Waals surface area contributed by atoms with Crippen molar-refractivity contribution in [3.63, 3.8) is 0 Å². The van der Waals surface area contributed by atoms with Gasteiger partial charge in [-0.2, -0.15) is 4.31 Å². The molecule has 2 aromatic carbocycles. The lowest BCUT2D eigenvalue weighted by atomic mass is 9.96. The second-order valence-corrected chi connectivity index (χ2v) is 11.9. The zero-order valence-electron chi connectivity index (χ0n) is 21.1. The lowest BCUT2D eigenvalue weighted by Gasteiger charge is -2.33. The highest BCUT2D eigenvalue weighted by molar-refractivity contribution is 7.89. The molecule has 0 radical (unpaired) electrons. The van der Waals surface area contributed by atoms with E-state index in [2.05, 4.69) is 4.98 Å². The Morgan fingerprint density at radius 2 is 1.76 bits per heavy atom. The van der Waals surface area contributed by atoms with Gasteiger partial charge in [-0.05, 0) is 60.9 Å². The topological polar surface area (TPSA) is 102 Å². The van der Waals surface area contributed by atoms with Crippen LogP contribution in [0.2, 0.25) is 0 Å². The van der Waals surface area contributed by atoms with Gasteiger partial charge in [-0.15, -0.1) is 0 Å². The molecular weight excluding hydrogens is 524 g/mol. The highest BCUT2D eigenvalue weighted by Crippen LogP contribution is 2.34. The second-order valence-electron chi connectivity index (χ2n) is 8.97. The minimum atomic E-state index is -3.66. The van der Waals surface area contributed by atoms with Crippen LogP contribution >= 0.6 is 11.3 Å². The molecule has 1 aliphatic heterocycles. The molecule has 0 atom stereocenters. The number of carbonyl (C=O) groups excluding carboxylic acids is 1. The Morgan fingerprint density at radius 3 is 2.42 bits per heavy atom. The summed E-state index contributed by atoms with van der Waals surface area (Å²) in [6.45, 7) is 0.860. The van der Waals surface area contributed by atoms with Gasteiger partial charge in [-0.1, -0.05) is 17.4 Å². The number of fused-ring (bicyclic) bond motifs is 1. The van der Waals surface area contributed by atoms with Crippen LogP contribution in [0.1, 0.15) is 18.4 Å². The molecule has 1 aliphatic rings. The van der Waals surface area contributed by atoms with Gasteiger partial charge in [0.15, 0.2) is 5.13 Å². The van der Waals surface area contributed by atoms with E-state index in [1.165, 1.54) is 22.8 Å². The predicted octanol–water partition coefficient (Wildman–Crippen LogP) is 4.34. The minimum absolute atomic E-state index is 0.0682. The van der Waals surface area contributed by atoms with Gasteiger partial charge in [-0.3, -0.25) is 14.7 Å². The number of carbonyl (C=O) groups is 1. The van der Waals surface area contributed by atoms with Crippen molar-refractivity contribution < 1.29 is 22.7 Å². The third-order valence-electron chi connectivity index (χ3n) is 6.64. The first-order chi connectivity index (χ1) is 18.4. The van der Waals surface area contributed by atoms with E-state index in [4.69, 9.17) is 14.5 Å². The SMILES string of the molecule is COc1ccc(S(=O)(=O)N2CCC(C(=O)N(Cc3cccnc3)c3nc4cc(OC)ccc4s3)CC2)cc1.